The van der Waals surface area contributed by atoms with Gasteiger partial charge in [-0.05, 0) is 38.3 Å². The lowest BCUT2D eigenvalue weighted by atomic mass is 10.2. The van der Waals surface area contributed by atoms with Crippen molar-refractivity contribution in [3.8, 4) is 0 Å². The molecule has 0 aliphatic rings. The van der Waals surface area contributed by atoms with Crippen LogP contribution in [0.15, 0.2) is 34.9 Å². The summed E-state index contributed by atoms with van der Waals surface area (Å²) in [5.74, 6) is 0.414. The van der Waals surface area contributed by atoms with Crippen LogP contribution in [0.5, 0.6) is 0 Å². The topological polar surface area (TPSA) is 57.3 Å². The molecule has 5 heteroatoms. The Morgan fingerprint density at radius 1 is 1.27 bits per heavy atom. The molecule has 0 fully saturated rings. The summed E-state index contributed by atoms with van der Waals surface area (Å²) in [5, 5.41) is 4.98. The van der Waals surface area contributed by atoms with Gasteiger partial charge in [-0.3, -0.25) is 4.79 Å². The van der Waals surface area contributed by atoms with Crippen molar-refractivity contribution in [2.45, 2.75) is 33.9 Å². The molecule has 0 aliphatic heterocycles. The third-order valence-corrected chi connectivity index (χ3v) is 3.86. The molecule has 1 aromatic carbocycles. The van der Waals surface area contributed by atoms with Crippen molar-refractivity contribution in [2.75, 3.05) is 0 Å². The molecule has 3 rings (SSSR count). The molecule has 2 aromatic heterocycles. The summed E-state index contributed by atoms with van der Waals surface area (Å²) in [4.78, 5) is 12.1. The second-order valence-electron chi connectivity index (χ2n) is 5.39. The lowest BCUT2D eigenvalue weighted by Crippen LogP contribution is -2.14. The van der Waals surface area contributed by atoms with Crippen molar-refractivity contribution in [1.82, 2.24) is 9.72 Å². The maximum absolute atomic E-state index is 12.1. The van der Waals surface area contributed by atoms with Crippen LogP contribution in [0.3, 0.4) is 0 Å². The number of rotatable bonds is 4. The SMILES string of the molecule is Cc1noc(C)c1COC(=O)Cn1c(C)cc2ccccc21. The van der Waals surface area contributed by atoms with Crippen LogP contribution < -0.4 is 0 Å². The highest BCUT2D eigenvalue weighted by Crippen LogP contribution is 2.19. The van der Waals surface area contributed by atoms with E-state index in [4.69, 9.17) is 9.26 Å². The van der Waals surface area contributed by atoms with Gasteiger partial charge in [0, 0.05) is 11.2 Å². The predicted octanol–water partition coefficient (Wildman–Crippen LogP) is 3.30. The maximum atomic E-state index is 12.1. The average molecular weight is 298 g/mol. The molecule has 0 atom stereocenters. The second kappa shape index (κ2) is 5.67. The zero-order chi connectivity index (χ0) is 15.7. The Morgan fingerprint density at radius 3 is 2.77 bits per heavy atom. The number of nitrogens with zero attached hydrogens (tertiary/aromatic N) is 2. The first kappa shape index (κ1) is 14.4. The maximum Gasteiger partial charge on any atom is 0.326 e. The van der Waals surface area contributed by atoms with Crippen LogP contribution in [0.4, 0.5) is 0 Å². The average Bonchev–Trinajstić information content (AvgIpc) is 2.98. The molecule has 2 heterocycles. The molecule has 0 saturated carbocycles. The highest BCUT2D eigenvalue weighted by Gasteiger charge is 2.14. The molecule has 0 aliphatic carbocycles. The Kier molecular flexibility index (Phi) is 3.71. The quantitative estimate of drug-likeness (QED) is 0.693. The number of carbonyl (C=O) groups is 1. The van der Waals surface area contributed by atoms with Gasteiger partial charge in [-0.15, -0.1) is 0 Å². The monoisotopic (exact) mass is 298 g/mol. The number of para-hydroxylation sites is 1. The Labute approximate surface area is 128 Å². The van der Waals surface area contributed by atoms with Gasteiger partial charge in [0.1, 0.15) is 18.9 Å². The summed E-state index contributed by atoms with van der Waals surface area (Å²) < 4.78 is 12.4. The van der Waals surface area contributed by atoms with Gasteiger partial charge in [-0.25, -0.2) is 0 Å². The van der Waals surface area contributed by atoms with E-state index in [9.17, 15) is 4.79 Å². The van der Waals surface area contributed by atoms with Crippen molar-refractivity contribution >= 4 is 16.9 Å². The Hall–Kier alpha value is -2.56. The number of aryl methyl sites for hydroxylation is 3. The lowest BCUT2D eigenvalue weighted by molar-refractivity contribution is -0.145. The summed E-state index contributed by atoms with van der Waals surface area (Å²) >= 11 is 0. The number of benzene rings is 1. The van der Waals surface area contributed by atoms with Crippen molar-refractivity contribution in [3.05, 3.63) is 53.0 Å². The molecular weight excluding hydrogens is 280 g/mol. The van der Waals surface area contributed by atoms with Gasteiger partial charge in [-0.2, -0.15) is 0 Å². The summed E-state index contributed by atoms with van der Waals surface area (Å²) in [7, 11) is 0. The van der Waals surface area contributed by atoms with E-state index in [0.29, 0.717) is 5.76 Å². The summed E-state index contributed by atoms with van der Waals surface area (Å²) in [6, 6.07) is 10.1. The number of hydrogen-bond donors (Lipinski definition) is 0. The molecule has 114 valence electrons. The van der Waals surface area contributed by atoms with Crippen molar-refractivity contribution in [2.24, 2.45) is 0 Å². The molecule has 0 unspecified atom stereocenters. The molecular formula is C17H18N2O3. The molecule has 0 amide bonds. The zero-order valence-electron chi connectivity index (χ0n) is 12.9. The van der Waals surface area contributed by atoms with E-state index >= 15 is 0 Å². The third kappa shape index (κ3) is 2.62. The second-order valence-corrected chi connectivity index (χ2v) is 5.39. The first-order valence-corrected chi connectivity index (χ1v) is 7.18. The van der Waals surface area contributed by atoms with E-state index in [2.05, 4.69) is 11.2 Å². The Bertz CT molecular complexity index is 810. The van der Waals surface area contributed by atoms with Gasteiger partial charge in [0.2, 0.25) is 0 Å². The first-order valence-electron chi connectivity index (χ1n) is 7.18. The van der Waals surface area contributed by atoms with Crippen LogP contribution in [-0.2, 0) is 22.7 Å². The fourth-order valence-electron chi connectivity index (χ4n) is 2.59. The third-order valence-electron chi connectivity index (χ3n) is 3.86. The fourth-order valence-corrected chi connectivity index (χ4v) is 2.59. The predicted molar refractivity (Wildman–Crippen MR) is 82.4 cm³/mol. The minimum absolute atomic E-state index is 0.193. The number of hydrogen-bond acceptors (Lipinski definition) is 4. The molecule has 0 radical (unpaired) electrons. The summed E-state index contributed by atoms with van der Waals surface area (Å²) in [5.41, 5.74) is 3.67. The van der Waals surface area contributed by atoms with Crippen LogP contribution in [0.1, 0.15) is 22.7 Å². The molecule has 5 nitrogen and oxygen atoms in total. The van der Waals surface area contributed by atoms with Crippen LogP contribution in [0, 0.1) is 20.8 Å². The van der Waals surface area contributed by atoms with E-state index in [0.717, 1.165) is 27.9 Å². The number of esters is 1. The molecule has 0 spiro atoms. The van der Waals surface area contributed by atoms with E-state index < -0.39 is 0 Å². The summed E-state index contributed by atoms with van der Waals surface area (Å²) in [6.07, 6.45) is 0. The smallest absolute Gasteiger partial charge is 0.326 e. The van der Waals surface area contributed by atoms with Crippen molar-refractivity contribution in [3.63, 3.8) is 0 Å². The zero-order valence-corrected chi connectivity index (χ0v) is 12.9. The van der Waals surface area contributed by atoms with E-state index in [1.54, 1.807) is 0 Å². The standard InChI is InChI=1S/C17H18N2O3/c1-11-8-14-6-4-5-7-16(14)19(11)9-17(20)21-10-15-12(2)18-22-13(15)3/h4-8H,9-10H2,1-3H3. The van der Waals surface area contributed by atoms with Gasteiger partial charge >= 0.3 is 5.97 Å². The largest absolute Gasteiger partial charge is 0.459 e. The fraction of sp³-hybridized carbons (Fsp3) is 0.294. The van der Waals surface area contributed by atoms with Gasteiger partial charge in [0.05, 0.1) is 11.3 Å². The van der Waals surface area contributed by atoms with Crippen LogP contribution in [0.2, 0.25) is 0 Å². The number of aromatic nitrogens is 2. The Morgan fingerprint density at radius 2 is 2.05 bits per heavy atom. The number of ether oxygens (including phenoxy) is 1. The van der Waals surface area contributed by atoms with E-state index in [-0.39, 0.29) is 19.1 Å². The van der Waals surface area contributed by atoms with Crippen LogP contribution in [-0.4, -0.2) is 15.7 Å². The Balaban J connectivity index is 1.72. The van der Waals surface area contributed by atoms with Crippen LogP contribution >= 0.6 is 0 Å². The number of carbonyl (C=O) groups excluding carboxylic acids is 1. The molecule has 0 N–H and O–H groups in total. The molecule has 22 heavy (non-hydrogen) atoms. The van der Waals surface area contributed by atoms with Gasteiger partial charge in [0.25, 0.3) is 0 Å². The van der Waals surface area contributed by atoms with Gasteiger partial charge in [-0.1, -0.05) is 23.4 Å². The molecule has 0 bridgehead atoms. The highest BCUT2D eigenvalue weighted by molar-refractivity contribution is 5.83. The minimum atomic E-state index is -0.274. The normalized spacial score (nSPS) is 11.0. The van der Waals surface area contributed by atoms with E-state index in [1.165, 1.54) is 0 Å². The first-order chi connectivity index (χ1) is 10.6. The highest BCUT2D eigenvalue weighted by atomic mass is 16.5. The van der Waals surface area contributed by atoms with Crippen molar-refractivity contribution in [1.29, 1.82) is 0 Å². The van der Waals surface area contributed by atoms with Gasteiger partial charge < -0.3 is 13.8 Å². The van der Waals surface area contributed by atoms with E-state index in [1.807, 2.05) is 49.6 Å². The number of fused-ring (bicyclic) bond motifs is 1. The lowest BCUT2D eigenvalue weighted by Gasteiger charge is -2.08. The van der Waals surface area contributed by atoms with Gasteiger partial charge in [0.15, 0.2) is 0 Å². The van der Waals surface area contributed by atoms with Crippen molar-refractivity contribution < 1.29 is 14.1 Å². The molecule has 0 saturated heterocycles. The molecule has 3 aromatic rings. The minimum Gasteiger partial charge on any atom is -0.459 e. The summed E-state index contributed by atoms with van der Waals surface area (Å²) in [6.45, 7) is 6.03. The van der Waals surface area contributed by atoms with Crippen LogP contribution in [0.25, 0.3) is 10.9 Å².